The molecule has 10 heteroatoms. The van der Waals surface area contributed by atoms with E-state index in [-0.39, 0.29) is 29.5 Å². The molecule has 0 radical (unpaired) electrons. The van der Waals surface area contributed by atoms with Gasteiger partial charge in [0.25, 0.3) is 10.0 Å². The number of aryl methyl sites for hydroxylation is 2. The highest BCUT2D eigenvalue weighted by Crippen LogP contribution is 2.30. The van der Waals surface area contributed by atoms with E-state index in [0.29, 0.717) is 34.1 Å². The highest BCUT2D eigenvalue weighted by molar-refractivity contribution is 7.92. The van der Waals surface area contributed by atoms with Crippen LogP contribution in [-0.4, -0.2) is 44.3 Å². The molecule has 4 aromatic rings. The van der Waals surface area contributed by atoms with Gasteiger partial charge in [0.1, 0.15) is 12.6 Å². The maximum Gasteiger partial charge on any atom is 0.264 e. The first-order valence-corrected chi connectivity index (χ1v) is 16.9. The lowest BCUT2D eigenvalue weighted by Crippen LogP contribution is -2.53. The van der Waals surface area contributed by atoms with E-state index in [1.165, 1.54) is 23.1 Å². The first kappa shape index (κ1) is 34.0. The number of sulfonamides is 1. The van der Waals surface area contributed by atoms with Crippen LogP contribution in [0.2, 0.25) is 10.0 Å². The number of hydrogen-bond acceptors (Lipinski definition) is 4. The Hall–Kier alpha value is -3.85. The number of carbonyl (C=O) groups excluding carboxylic acids is 2. The highest BCUT2D eigenvalue weighted by atomic mass is 35.5. The van der Waals surface area contributed by atoms with Crippen molar-refractivity contribution in [2.75, 3.05) is 17.4 Å². The minimum Gasteiger partial charge on any atom is -0.354 e. The van der Waals surface area contributed by atoms with Gasteiger partial charge in [0.15, 0.2) is 0 Å². The molecule has 7 nitrogen and oxygen atoms in total. The van der Waals surface area contributed by atoms with Crippen molar-refractivity contribution >= 4 is 50.7 Å². The molecular formula is C35H37Cl2N3O4S. The van der Waals surface area contributed by atoms with Crippen LogP contribution in [-0.2, 0) is 32.6 Å². The molecule has 1 atom stereocenters. The molecule has 0 bridgehead atoms. The number of halogens is 2. The van der Waals surface area contributed by atoms with Crippen molar-refractivity contribution in [1.29, 1.82) is 0 Å². The van der Waals surface area contributed by atoms with Gasteiger partial charge in [0.05, 0.1) is 10.6 Å². The second-order valence-electron chi connectivity index (χ2n) is 10.9. The lowest BCUT2D eigenvalue weighted by atomic mass is 10.0. The lowest BCUT2D eigenvalue weighted by molar-refractivity contribution is -0.140. The Morgan fingerprint density at radius 1 is 0.822 bits per heavy atom. The quantitative estimate of drug-likeness (QED) is 0.167. The van der Waals surface area contributed by atoms with Gasteiger partial charge < -0.3 is 10.2 Å². The standard InChI is InChI=1S/C35H37Cl2N3O4S/c1-4-19-38-35(42)33(21-27-9-6-5-7-10-27)39(23-28-11-8-12-29(36)20-28)34(41)24-40(32-22-30(37)16-15-26(32)3)45(43,44)31-17-13-25(2)14-18-31/h5-18,20,22,33H,4,19,21,23-24H2,1-3H3,(H,38,42)/t33-/m0/s1. The molecule has 4 rings (SSSR count). The van der Waals surface area contributed by atoms with Crippen LogP contribution < -0.4 is 9.62 Å². The third kappa shape index (κ3) is 8.87. The summed E-state index contributed by atoms with van der Waals surface area (Å²) in [6.45, 7) is 5.46. The number of benzene rings is 4. The first-order chi connectivity index (χ1) is 21.5. The second kappa shape index (κ2) is 15.4. The van der Waals surface area contributed by atoms with Crippen molar-refractivity contribution in [3.63, 3.8) is 0 Å². The molecule has 0 spiro atoms. The molecule has 0 fully saturated rings. The molecule has 4 aromatic carbocycles. The van der Waals surface area contributed by atoms with Crippen LogP contribution >= 0.6 is 23.2 Å². The molecular weight excluding hydrogens is 629 g/mol. The Balaban J connectivity index is 1.83. The average molecular weight is 667 g/mol. The maximum absolute atomic E-state index is 14.5. The van der Waals surface area contributed by atoms with Crippen LogP contribution in [0, 0.1) is 13.8 Å². The van der Waals surface area contributed by atoms with Gasteiger partial charge in [-0.15, -0.1) is 0 Å². The van der Waals surface area contributed by atoms with Gasteiger partial charge in [0.2, 0.25) is 11.8 Å². The zero-order valence-electron chi connectivity index (χ0n) is 25.5. The van der Waals surface area contributed by atoms with E-state index in [2.05, 4.69) is 5.32 Å². The molecule has 0 heterocycles. The Morgan fingerprint density at radius 3 is 2.16 bits per heavy atom. The van der Waals surface area contributed by atoms with Crippen LogP contribution in [0.25, 0.3) is 0 Å². The third-order valence-electron chi connectivity index (χ3n) is 7.39. The van der Waals surface area contributed by atoms with Gasteiger partial charge in [0, 0.05) is 29.6 Å². The Labute approximate surface area is 275 Å². The second-order valence-corrected chi connectivity index (χ2v) is 13.6. The normalized spacial score (nSPS) is 11.9. The molecule has 2 amide bonds. The van der Waals surface area contributed by atoms with Crippen LogP contribution in [0.3, 0.4) is 0 Å². The molecule has 0 saturated carbocycles. The maximum atomic E-state index is 14.5. The van der Waals surface area contributed by atoms with Crippen LogP contribution in [0.1, 0.15) is 35.6 Å². The molecule has 0 aliphatic carbocycles. The zero-order valence-corrected chi connectivity index (χ0v) is 27.9. The Morgan fingerprint density at radius 2 is 1.49 bits per heavy atom. The van der Waals surface area contributed by atoms with E-state index >= 15 is 0 Å². The van der Waals surface area contributed by atoms with E-state index in [1.807, 2.05) is 50.2 Å². The minimum absolute atomic E-state index is 0.0307. The van der Waals surface area contributed by atoms with Gasteiger partial charge >= 0.3 is 0 Å². The number of hydrogen-bond donors (Lipinski definition) is 1. The number of anilines is 1. The molecule has 0 saturated heterocycles. The van der Waals surface area contributed by atoms with Crippen LogP contribution in [0.4, 0.5) is 5.69 Å². The van der Waals surface area contributed by atoms with E-state index in [1.54, 1.807) is 49.4 Å². The fourth-order valence-electron chi connectivity index (χ4n) is 4.95. The summed E-state index contributed by atoms with van der Waals surface area (Å²) in [4.78, 5) is 29.7. The van der Waals surface area contributed by atoms with Gasteiger partial charge in [-0.2, -0.15) is 0 Å². The summed E-state index contributed by atoms with van der Waals surface area (Å²) < 4.78 is 29.5. The predicted molar refractivity (Wildman–Crippen MR) is 181 cm³/mol. The minimum atomic E-state index is -4.23. The van der Waals surface area contributed by atoms with Crippen molar-refractivity contribution < 1.29 is 18.0 Å². The van der Waals surface area contributed by atoms with E-state index < -0.39 is 28.5 Å². The van der Waals surface area contributed by atoms with Gasteiger partial charge in [-0.1, -0.05) is 96.4 Å². The fourth-order valence-corrected chi connectivity index (χ4v) is 6.80. The molecule has 0 aromatic heterocycles. The van der Waals surface area contributed by atoms with Gasteiger partial charge in [-0.3, -0.25) is 13.9 Å². The average Bonchev–Trinajstić information content (AvgIpc) is 3.02. The molecule has 45 heavy (non-hydrogen) atoms. The SMILES string of the molecule is CCCNC(=O)[C@H](Cc1ccccc1)N(Cc1cccc(Cl)c1)C(=O)CN(c1cc(Cl)ccc1C)S(=O)(=O)c1ccc(C)cc1. The summed E-state index contributed by atoms with van der Waals surface area (Å²) in [7, 11) is -4.23. The summed E-state index contributed by atoms with van der Waals surface area (Å²) in [5.74, 6) is -0.888. The Bertz CT molecular complexity index is 1730. The zero-order chi connectivity index (χ0) is 32.6. The van der Waals surface area contributed by atoms with Crippen LogP contribution in [0.15, 0.2) is 102 Å². The number of nitrogens with zero attached hydrogens (tertiary/aromatic N) is 2. The highest BCUT2D eigenvalue weighted by Gasteiger charge is 2.35. The van der Waals surface area contributed by atoms with Crippen LogP contribution in [0.5, 0.6) is 0 Å². The van der Waals surface area contributed by atoms with E-state index in [9.17, 15) is 18.0 Å². The van der Waals surface area contributed by atoms with Crippen molar-refractivity contribution in [3.8, 4) is 0 Å². The number of nitrogens with one attached hydrogen (secondary N) is 1. The van der Waals surface area contributed by atoms with Crippen molar-refractivity contribution in [2.45, 2.75) is 51.1 Å². The number of rotatable bonds is 13. The van der Waals surface area contributed by atoms with Gasteiger partial charge in [-0.05, 0) is 73.4 Å². The van der Waals surface area contributed by atoms with Gasteiger partial charge in [-0.25, -0.2) is 8.42 Å². The predicted octanol–water partition coefficient (Wildman–Crippen LogP) is 6.97. The van der Waals surface area contributed by atoms with E-state index in [0.717, 1.165) is 15.4 Å². The smallest absolute Gasteiger partial charge is 0.264 e. The number of amides is 2. The summed E-state index contributed by atoms with van der Waals surface area (Å²) >= 11 is 12.6. The fraction of sp³-hybridized carbons (Fsp3) is 0.257. The molecule has 236 valence electrons. The van der Waals surface area contributed by atoms with Crippen molar-refractivity contribution in [2.24, 2.45) is 0 Å². The molecule has 1 N–H and O–H groups in total. The summed E-state index contributed by atoms with van der Waals surface area (Å²) in [5, 5.41) is 3.74. The molecule has 0 aliphatic rings. The molecule has 0 unspecified atom stereocenters. The first-order valence-electron chi connectivity index (χ1n) is 14.7. The summed E-state index contributed by atoms with van der Waals surface area (Å²) in [5.41, 5.74) is 3.34. The monoisotopic (exact) mass is 665 g/mol. The van der Waals surface area contributed by atoms with E-state index in [4.69, 9.17) is 23.2 Å². The van der Waals surface area contributed by atoms with Crippen molar-refractivity contribution in [1.82, 2.24) is 10.2 Å². The number of carbonyl (C=O) groups is 2. The Kier molecular flexibility index (Phi) is 11.7. The lowest BCUT2D eigenvalue weighted by Gasteiger charge is -2.34. The summed E-state index contributed by atoms with van der Waals surface area (Å²) in [6, 6.07) is 26.9. The topological polar surface area (TPSA) is 86.8 Å². The largest absolute Gasteiger partial charge is 0.354 e. The third-order valence-corrected chi connectivity index (χ3v) is 9.63. The summed E-state index contributed by atoms with van der Waals surface area (Å²) in [6.07, 6.45) is 0.937. The molecule has 0 aliphatic heterocycles. The van der Waals surface area contributed by atoms with Crippen molar-refractivity contribution in [3.05, 3.63) is 129 Å².